The summed E-state index contributed by atoms with van der Waals surface area (Å²) in [6.07, 6.45) is 0.990. The van der Waals surface area contributed by atoms with Gasteiger partial charge in [0.1, 0.15) is 5.01 Å². The fourth-order valence-corrected chi connectivity index (χ4v) is 3.46. The van der Waals surface area contributed by atoms with Gasteiger partial charge in [0.2, 0.25) is 0 Å². The zero-order valence-electron chi connectivity index (χ0n) is 8.96. The van der Waals surface area contributed by atoms with Crippen molar-refractivity contribution >= 4 is 34.5 Å². The zero-order valence-corrected chi connectivity index (χ0v) is 11.3. The highest BCUT2D eigenvalue weighted by molar-refractivity contribution is 7.15. The molecule has 2 heterocycles. The minimum atomic E-state index is 0.579. The molecule has 0 spiro atoms. The fraction of sp³-hybridized carbons (Fsp3) is 0.250. The van der Waals surface area contributed by atoms with Crippen molar-refractivity contribution in [2.24, 2.45) is 0 Å². The molecule has 1 N–H and O–H groups in total. The third-order valence-electron chi connectivity index (χ3n) is 2.78. The van der Waals surface area contributed by atoms with Gasteiger partial charge in [0.15, 0.2) is 0 Å². The molecule has 2 aromatic rings. The van der Waals surface area contributed by atoms with Crippen LogP contribution in [0.2, 0.25) is 10.0 Å². The van der Waals surface area contributed by atoms with Gasteiger partial charge in [-0.2, -0.15) is 0 Å². The van der Waals surface area contributed by atoms with Gasteiger partial charge in [-0.3, -0.25) is 0 Å². The van der Waals surface area contributed by atoms with Gasteiger partial charge < -0.3 is 5.32 Å². The van der Waals surface area contributed by atoms with Gasteiger partial charge in [-0.25, -0.2) is 4.98 Å². The molecule has 2 nitrogen and oxygen atoms in total. The highest BCUT2D eigenvalue weighted by atomic mass is 35.5. The van der Waals surface area contributed by atoms with Gasteiger partial charge in [-0.1, -0.05) is 35.3 Å². The third kappa shape index (κ3) is 2.08. The summed E-state index contributed by atoms with van der Waals surface area (Å²) >= 11 is 13.9. The van der Waals surface area contributed by atoms with Gasteiger partial charge in [0.25, 0.3) is 0 Å². The Bertz CT molecular complexity index is 542. The van der Waals surface area contributed by atoms with Crippen molar-refractivity contribution in [1.82, 2.24) is 10.3 Å². The van der Waals surface area contributed by atoms with Crippen LogP contribution in [0.4, 0.5) is 0 Å². The number of fused-ring (bicyclic) bond motifs is 1. The Morgan fingerprint density at radius 3 is 3.00 bits per heavy atom. The number of hydrogen-bond donors (Lipinski definition) is 1. The van der Waals surface area contributed by atoms with Crippen LogP contribution < -0.4 is 5.32 Å². The average molecular weight is 285 g/mol. The number of benzene rings is 1. The van der Waals surface area contributed by atoms with Gasteiger partial charge >= 0.3 is 0 Å². The average Bonchev–Trinajstić information content (AvgIpc) is 2.76. The van der Waals surface area contributed by atoms with Crippen molar-refractivity contribution in [3.8, 4) is 10.6 Å². The molecule has 0 saturated carbocycles. The molecule has 3 rings (SSSR count). The SMILES string of the molecule is Clc1cccc(-c2nc3c(s2)CNCC3)c1Cl. The molecule has 0 unspecified atom stereocenters. The van der Waals surface area contributed by atoms with E-state index in [1.807, 2.05) is 12.1 Å². The highest BCUT2D eigenvalue weighted by Crippen LogP contribution is 2.37. The molecular weight excluding hydrogens is 275 g/mol. The van der Waals surface area contributed by atoms with Crippen LogP contribution in [0.3, 0.4) is 0 Å². The summed E-state index contributed by atoms with van der Waals surface area (Å²) in [5.41, 5.74) is 2.12. The van der Waals surface area contributed by atoms with Crippen molar-refractivity contribution in [2.75, 3.05) is 6.54 Å². The van der Waals surface area contributed by atoms with E-state index in [1.54, 1.807) is 17.4 Å². The summed E-state index contributed by atoms with van der Waals surface area (Å²) in [7, 11) is 0. The van der Waals surface area contributed by atoms with Gasteiger partial charge in [0, 0.05) is 30.0 Å². The molecular formula is C12H10Cl2N2S. The second-order valence-electron chi connectivity index (χ2n) is 3.92. The Morgan fingerprint density at radius 1 is 1.29 bits per heavy atom. The maximum absolute atomic E-state index is 6.21. The topological polar surface area (TPSA) is 24.9 Å². The summed E-state index contributed by atoms with van der Waals surface area (Å²) in [6.45, 7) is 1.91. The van der Waals surface area contributed by atoms with E-state index in [0.29, 0.717) is 10.0 Å². The van der Waals surface area contributed by atoms with Crippen molar-refractivity contribution in [3.05, 3.63) is 38.8 Å². The number of hydrogen-bond acceptors (Lipinski definition) is 3. The number of thiazole rings is 1. The molecule has 88 valence electrons. The van der Waals surface area contributed by atoms with Crippen LogP contribution >= 0.6 is 34.5 Å². The lowest BCUT2D eigenvalue weighted by atomic mass is 10.2. The monoisotopic (exact) mass is 284 g/mol. The summed E-state index contributed by atoms with van der Waals surface area (Å²) in [5, 5.41) is 5.48. The summed E-state index contributed by atoms with van der Waals surface area (Å²) in [4.78, 5) is 5.97. The largest absolute Gasteiger partial charge is 0.311 e. The van der Waals surface area contributed by atoms with E-state index in [2.05, 4.69) is 10.3 Å². The van der Waals surface area contributed by atoms with E-state index >= 15 is 0 Å². The first kappa shape index (κ1) is 11.5. The van der Waals surface area contributed by atoms with E-state index in [4.69, 9.17) is 23.2 Å². The number of rotatable bonds is 1. The Kier molecular flexibility index (Phi) is 3.09. The maximum Gasteiger partial charge on any atom is 0.125 e. The molecule has 1 aliphatic rings. The van der Waals surface area contributed by atoms with Crippen LogP contribution in [0.5, 0.6) is 0 Å². The van der Waals surface area contributed by atoms with Gasteiger partial charge in [0.05, 0.1) is 15.7 Å². The quantitative estimate of drug-likeness (QED) is 0.863. The lowest BCUT2D eigenvalue weighted by Gasteiger charge is -2.09. The molecule has 0 radical (unpaired) electrons. The Balaban J connectivity index is 2.09. The predicted molar refractivity (Wildman–Crippen MR) is 73.0 cm³/mol. The Morgan fingerprint density at radius 2 is 2.18 bits per heavy atom. The zero-order chi connectivity index (χ0) is 11.8. The standard InChI is InChI=1S/C12H10Cl2N2S/c13-8-3-1-2-7(11(8)14)12-16-9-4-5-15-6-10(9)17-12/h1-3,15H,4-6H2. The van der Waals surface area contributed by atoms with Gasteiger partial charge in [-0.05, 0) is 6.07 Å². The molecule has 1 aliphatic heterocycles. The van der Waals surface area contributed by atoms with Crippen molar-refractivity contribution in [1.29, 1.82) is 0 Å². The number of aromatic nitrogens is 1. The first-order valence-corrected chi connectivity index (χ1v) is 6.96. The fourth-order valence-electron chi connectivity index (χ4n) is 1.91. The second kappa shape index (κ2) is 4.58. The van der Waals surface area contributed by atoms with Crippen LogP contribution in [0.15, 0.2) is 18.2 Å². The minimum Gasteiger partial charge on any atom is -0.311 e. The van der Waals surface area contributed by atoms with E-state index in [1.165, 1.54) is 10.6 Å². The lowest BCUT2D eigenvalue weighted by molar-refractivity contribution is 0.644. The van der Waals surface area contributed by atoms with E-state index in [0.717, 1.165) is 30.1 Å². The van der Waals surface area contributed by atoms with E-state index in [9.17, 15) is 0 Å². The summed E-state index contributed by atoms with van der Waals surface area (Å²) in [6, 6.07) is 5.66. The van der Waals surface area contributed by atoms with E-state index < -0.39 is 0 Å². The second-order valence-corrected chi connectivity index (χ2v) is 5.79. The molecule has 17 heavy (non-hydrogen) atoms. The normalized spacial score (nSPS) is 14.7. The molecule has 0 atom stereocenters. The van der Waals surface area contributed by atoms with Gasteiger partial charge in [-0.15, -0.1) is 11.3 Å². The third-order valence-corrected chi connectivity index (χ3v) is 4.73. The van der Waals surface area contributed by atoms with Crippen molar-refractivity contribution in [3.63, 3.8) is 0 Å². The van der Waals surface area contributed by atoms with Crippen molar-refractivity contribution in [2.45, 2.75) is 13.0 Å². The highest BCUT2D eigenvalue weighted by Gasteiger charge is 2.17. The lowest BCUT2D eigenvalue weighted by Crippen LogP contribution is -2.22. The van der Waals surface area contributed by atoms with Crippen LogP contribution in [0.25, 0.3) is 10.6 Å². The Hall–Kier alpha value is -0.610. The molecule has 1 aromatic heterocycles. The summed E-state index contributed by atoms with van der Waals surface area (Å²) in [5.74, 6) is 0. The molecule has 5 heteroatoms. The van der Waals surface area contributed by atoms with Crippen molar-refractivity contribution < 1.29 is 0 Å². The number of halogens is 2. The van der Waals surface area contributed by atoms with Crippen LogP contribution in [0.1, 0.15) is 10.6 Å². The molecule has 0 saturated heterocycles. The first-order chi connectivity index (χ1) is 8.25. The van der Waals surface area contributed by atoms with E-state index in [-0.39, 0.29) is 0 Å². The molecule has 0 fully saturated rings. The summed E-state index contributed by atoms with van der Waals surface area (Å²) < 4.78 is 0. The number of nitrogens with zero attached hydrogens (tertiary/aromatic N) is 1. The van der Waals surface area contributed by atoms with Crippen LogP contribution in [0, 0.1) is 0 Å². The smallest absolute Gasteiger partial charge is 0.125 e. The minimum absolute atomic E-state index is 0.579. The number of nitrogens with one attached hydrogen (secondary N) is 1. The molecule has 0 bridgehead atoms. The molecule has 0 aliphatic carbocycles. The first-order valence-electron chi connectivity index (χ1n) is 5.39. The Labute approximate surface area is 114 Å². The predicted octanol–water partition coefficient (Wildman–Crippen LogP) is 3.76. The van der Waals surface area contributed by atoms with Crippen LogP contribution in [-0.2, 0) is 13.0 Å². The van der Waals surface area contributed by atoms with Crippen LogP contribution in [-0.4, -0.2) is 11.5 Å². The molecule has 1 aromatic carbocycles. The molecule has 0 amide bonds. The maximum atomic E-state index is 6.21.